The van der Waals surface area contributed by atoms with Crippen molar-refractivity contribution in [2.24, 2.45) is 0 Å². The van der Waals surface area contributed by atoms with Gasteiger partial charge in [0.2, 0.25) is 0 Å². The normalized spacial score (nSPS) is 15.3. The molecule has 0 bridgehead atoms. The van der Waals surface area contributed by atoms with E-state index in [0.29, 0.717) is 17.4 Å². The van der Waals surface area contributed by atoms with Gasteiger partial charge in [0, 0.05) is 11.6 Å². The first kappa shape index (κ1) is 18.5. The molecule has 1 heterocycles. The smallest absolute Gasteiger partial charge is 0.191 e. The molecule has 0 unspecified atom stereocenters. The largest absolute Gasteiger partial charge is 0.496 e. The number of Topliss-reactive ketones (excluding diaryl/α,β-unsaturated/α-hetero) is 1. The van der Waals surface area contributed by atoms with E-state index >= 15 is 0 Å². The summed E-state index contributed by atoms with van der Waals surface area (Å²) in [6.07, 6.45) is 6.17. The molecule has 5 nitrogen and oxygen atoms in total. The quantitative estimate of drug-likeness (QED) is 0.491. The maximum absolute atomic E-state index is 12.5. The van der Waals surface area contributed by atoms with Crippen LogP contribution in [0, 0.1) is 6.92 Å². The lowest BCUT2D eigenvalue weighted by Crippen LogP contribution is -2.15. The zero-order valence-electron chi connectivity index (χ0n) is 14.5. The minimum absolute atomic E-state index is 0.0733. The molecule has 2 aromatic rings. The summed E-state index contributed by atoms with van der Waals surface area (Å²) >= 11 is 4.90. The van der Waals surface area contributed by atoms with Gasteiger partial charge < -0.3 is 9.30 Å². The van der Waals surface area contributed by atoms with Crippen molar-refractivity contribution in [3.8, 4) is 5.75 Å². The number of carbonyl (C=O) groups excluding carboxylic acids is 1. The standard InChI is InChI=1S/C18H22BrN3O2S/c1-12-20-21-18(22(12)14-6-4-3-5-7-14)25-11-16(23)13-8-9-17(24-2)15(19)10-13/h8-10,14H,3-7,11H2,1-2H3. The number of hydrogen-bond donors (Lipinski definition) is 0. The first-order valence-corrected chi connectivity index (χ1v) is 10.3. The van der Waals surface area contributed by atoms with Crippen molar-refractivity contribution < 1.29 is 9.53 Å². The molecule has 0 atom stereocenters. The van der Waals surface area contributed by atoms with E-state index in [1.165, 1.54) is 43.9 Å². The Balaban J connectivity index is 1.69. The number of benzene rings is 1. The Morgan fingerprint density at radius 3 is 2.76 bits per heavy atom. The number of rotatable bonds is 6. The summed E-state index contributed by atoms with van der Waals surface area (Å²) in [4.78, 5) is 12.5. The van der Waals surface area contributed by atoms with Crippen molar-refractivity contribution >= 4 is 33.5 Å². The van der Waals surface area contributed by atoms with Crippen molar-refractivity contribution in [1.29, 1.82) is 0 Å². The maximum Gasteiger partial charge on any atom is 0.191 e. The molecule has 1 aliphatic rings. The molecule has 0 radical (unpaired) electrons. The molecular formula is C18H22BrN3O2S. The fourth-order valence-electron chi connectivity index (χ4n) is 3.26. The number of halogens is 1. The highest BCUT2D eigenvalue weighted by atomic mass is 79.9. The predicted molar refractivity (Wildman–Crippen MR) is 103 cm³/mol. The fourth-order valence-corrected chi connectivity index (χ4v) is 4.75. The van der Waals surface area contributed by atoms with E-state index in [-0.39, 0.29) is 5.78 Å². The highest BCUT2D eigenvalue weighted by molar-refractivity contribution is 9.10. The van der Waals surface area contributed by atoms with Crippen LogP contribution in [0.3, 0.4) is 0 Å². The Kier molecular flexibility index (Phi) is 6.17. The van der Waals surface area contributed by atoms with Gasteiger partial charge in [0.25, 0.3) is 0 Å². The molecule has 134 valence electrons. The molecule has 0 aliphatic heterocycles. The number of carbonyl (C=O) groups is 1. The van der Waals surface area contributed by atoms with E-state index in [9.17, 15) is 4.79 Å². The lowest BCUT2D eigenvalue weighted by Gasteiger charge is -2.24. The topological polar surface area (TPSA) is 57.0 Å². The lowest BCUT2D eigenvalue weighted by molar-refractivity contribution is 0.102. The van der Waals surface area contributed by atoms with Crippen LogP contribution in [-0.2, 0) is 0 Å². The van der Waals surface area contributed by atoms with Gasteiger partial charge in [-0.25, -0.2) is 0 Å². The summed E-state index contributed by atoms with van der Waals surface area (Å²) in [5.41, 5.74) is 0.667. The summed E-state index contributed by atoms with van der Waals surface area (Å²) in [6.45, 7) is 1.99. The number of aryl methyl sites for hydroxylation is 1. The van der Waals surface area contributed by atoms with Gasteiger partial charge in [0.05, 0.1) is 17.3 Å². The van der Waals surface area contributed by atoms with Gasteiger partial charge in [0.1, 0.15) is 11.6 Å². The number of methoxy groups -OCH3 is 1. The van der Waals surface area contributed by atoms with Gasteiger partial charge in [-0.2, -0.15) is 0 Å². The van der Waals surface area contributed by atoms with E-state index in [4.69, 9.17) is 4.74 Å². The third-order valence-corrected chi connectivity index (χ3v) is 6.14. The molecule has 0 saturated heterocycles. The average molecular weight is 424 g/mol. The third-order valence-electron chi connectivity index (χ3n) is 4.58. The van der Waals surface area contributed by atoms with Crippen LogP contribution in [0.15, 0.2) is 27.8 Å². The van der Waals surface area contributed by atoms with Crippen LogP contribution in [0.25, 0.3) is 0 Å². The number of ketones is 1. The molecule has 1 aromatic carbocycles. The molecule has 7 heteroatoms. The van der Waals surface area contributed by atoms with E-state index in [2.05, 4.69) is 30.7 Å². The highest BCUT2D eigenvalue weighted by Crippen LogP contribution is 2.33. The molecular weight excluding hydrogens is 402 g/mol. The van der Waals surface area contributed by atoms with Crippen molar-refractivity contribution in [1.82, 2.24) is 14.8 Å². The Hall–Kier alpha value is -1.34. The molecule has 1 fully saturated rings. The molecule has 1 aromatic heterocycles. The molecule has 1 saturated carbocycles. The van der Waals surface area contributed by atoms with Crippen LogP contribution < -0.4 is 4.74 Å². The second-order valence-corrected chi connectivity index (χ2v) is 8.05. The highest BCUT2D eigenvalue weighted by Gasteiger charge is 2.22. The van der Waals surface area contributed by atoms with Crippen molar-refractivity contribution in [2.45, 2.75) is 50.2 Å². The van der Waals surface area contributed by atoms with Crippen molar-refractivity contribution in [3.63, 3.8) is 0 Å². The number of thioether (sulfide) groups is 1. The van der Waals surface area contributed by atoms with Crippen molar-refractivity contribution in [2.75, 3.05) is 12.9 Å². The Bertz CT molecular complexity index is 757. The molecule has 1 aliphatic carbocycles. The average Bonchev–Trinajstić information content (AvgIpc) is 3.01. The minimum atomic E-state index is 0.0733. The monoisotopic (exact) mass is 423 g/mol. The molecule has 0 amide bonds. The third kappa shape index (κ3) is 4.26. The summed E-state index contributed by atoms with van der Waals surface area (Å²) < 4.78 is 8.22. The zero-order valence-corrected chi connectivity index (χ0v) is 16.9. The Morgan fingerprint density at radius 1 is 1.32 bits per heavy atom. The fraction of sp³-hybridized carbons (Fsp3) is 0.500. The van der Waals surface area contributed by atoms with E-state index in [0.717, 1.165) is 21.2 Å². The lowest BCUT2D eigenvalue weighted by atomic mass is 9.95. The summed E-state index contributed by atoms with van der Waals surface area (Å²) in [5, 5.41) is 9.38. The van der Waals surface area contributed by atoms with Crippen LogP contribution in [-0.4, -0.2) is 33.4 Å². The number of nitrogens with zero attached hydrogens (tertiary/aromatic N) is 3. The van der Waals surface area contributed by atoms with E-state index in [1.807, 2.05) is 6.92 Å². The number of hydrogen-bond acceptors (Lipinski definition) is 5. The SMILES string of the molecule is COc1ccc(C(=O)CSc2nnc(C)n2C2CCCCC2)cc1Br. The molecule has 3 rings (SSSR count). The van der Waals surface area contributed by atoms with Crippen LogP contribution in [0.1, 0.15) is 54.3 Å². The number of ether oxygens (including phenoxy) is 1. The second-order valence-electron chi connectivity index (χ2n) is 6.25. The number of aromatic nitrogens is 3. The summed E-state index contributed by atoms with van der Waals surface area (Å²) in [7, 11) is 1.61. The zero-order chi connectivity index (χ0) is 17.8. The van der Waals surface area contributed by atoms with Crippen LogP contribution in [0.5, 0.6) is 5.75 Å². The predicted octanol–water partition coefficient (Wildman–Crippen LogP) is 4.84. The van der Waals surface area contributed by atoms with Gasteiger partial charge >= 0.3 is 0 Å². The Morgan fingerprint density at radius 2 is 2.08 bits per heavy atom. The molecule has 25 heavy (non-hydrogen) atoms. The summed E-state index contributed by atoms with van der Waals surface area (Å²) in [6, 6.07) is 5.87. The molecule has 0 N–H and O–H groups in total. The van der Waals surface area contributed by atoms with E-state index in [1.54, 1.807) is 25.3 Å². The van der Waals surface area contributed by atoms with Crippen LogP contribution >= 0.6 is 27.7 Å². The van der Waals surface area contributed by atoms with Gasteiger partial charge in [-0.15, -0.1) is 10.2 Å². The van der Waals surface area contributed by atoms with Crippen LogP contribution in [0.4, 0.5) is 0 Å². The summed E-state index contributed by atoms with van der Waals surface area (Å²) in [5.74, 6) is 2.08. The van der Waals surface area contributed by atoms with Gasteiger partial charge in [-0.1, -0.05) is 31.0 Å². The van der Waals surface area contributed by atoms with Crippen LogP contribution in [0.2, 0.25) is 0 Å². The van der Waals surface area contributed by atoms with Crippen molar-refractivity contribution in [3.05, 3.63) is 34.1 Å². The first-order valence-electron chi connectivity index (χ1n) is 8.51. The molecule has 0 spiro atoms. The van der Waals surface area contributed by atoms with E-state index < -0.39 is 0 Å². The maximum atomic E-state index is 12.5. The van der Waals surface area contributed by atoms with Gasteiger partial charge in [-0.3, -0.25) is 4.79 Å². The van der Waals surface area contributed by atoms with Gasteiger partial charge in [0.15, 0.2) is 10.9 Å². The first-order chi connectivity index (χ1) is 12.1. The minimum Gasteiger partial charge on any atom is -0.496 e. The second kappa shape index (κ2) is 8.36. The Labute approximate surface area is 160 Å². The van der Waals surface area contributed by atoms with Gasteiger partial charge in [-0.05, 0) is 53.9 Å².